The Morgan fingerprint density at radius 1 is 1.37 bits per heavy atom. The molecule has 1 aromatic rings. The van der Waals surface area contributed by atoms with E-state index in [4.69, 9.17) is 9.15 Å². The molecule has 1 aliphatic rings. The molecular formula is C16H27NO2. The largest absolute Gasteiger partial charge is 0.472 e. The highest BCUT2D eigenvalue weighted by molar-refractivity contribution is 5.08. The summed E-state index contributed by atoms with van der Waals surface area (Å²) in [7, 11) is 2.04. The maximum Gasteiger partial charge on any atom is 0.0935 e. The van der Waals surface area contributed by atoms with Crippen LogP contribution < -0.4 is 5.32 Å². The lowest BCUT2D eigenvalue weighted by atomic mass is 9.81. The normalized spacial score (nSPS) is 20.3. The minimum Gasteiger partial charge on any atom is -0.472 e. The molecule has 0 saturated heterocycles. The van der Waals surface area contributed by atoms with Crippen LogP contribution in [0.1, 0.15) is 44.6 Å². The van der Waals surface area contributed by atoms with E-state index in [1.807, 2.05) is 19.4 Å². The van der Waals surface area contributed by atoms with Gasteiger partial charge in [-0.05, 0) is 50.8 Å². The first-order chi connectivity index (χ1) is 9.35. The van der Waals surface area contributed by atoms with Crippen molar-refractivity contribution in [2.45, 2.75) is 57.6 Å². The van der Waals surface area contributed by atoms with Crippen molar-refractivity contribution in [1.82, 2.24) is 5.32 Å². The van der Waals surface area contributed by atoms with Crippen molar-refractivity contribution in [3.05, 3.63) is 24.2 Å². The van der Waals surface area contributed by atoms with E-state index in [1.54, 1.807) is 6.26 Å². The number of likely N-dealkylation sites (N-methyl/N-ethyl adjacent to an activating group) is 1. The molecular weight excluding hydrogens is 238 g/mol. The Bertz CT molecular complexity index is 331. The van der Waals surface area contributed by atoms with E-state index < -0.39 is 0 Å². The van der Waals surface area contributed by atoms with Gasteiger partial charge in [0.25, 0.3) is 0 Å². The molecule has 0 bridgehead atoms. The van der Waals surface area contributed by atoms with Crippen LogP contribution in [-0.2, 0) is 11.2 Å². The van der Waals surface area contributed by atoms with Crippen molar-refractivity contribution >= 4 is 0 Å². The van der Waals surface area contributed by atoms with E-state index in [0.29, 0.717) is 18.1 Å². The Balaban J connectivity index is 2.01. The summed E-state index contributed by atoms with van der Waals surface area (Å²) in [6, 6.07) is 2.43. The summed E-state index contributed by atoms with van der Waals surface area (Å²) < 4.78 is 11.3. The molecule has 0 aromatic carbocycles. The van der Waals surface area contributed by atoms with Crippen molar-refractivity contribution in [2.75, 3.05) is 13.7 Å². The lowest BCUT2D eigenvalue weighted by molar-refractivity contribution is -0.0159. The summed E-state index contributed by atoms with van der Waals surface area (Å²) in [6.45, 7) is 2.89. The van der Waals surface area contributed by atoms with E-state index >= 15 is 0 Å². The van der Waals surface area contributed by atoms with Crippen LogP contribution in [0, 0.1) is 5.92 Å². The molecule has 0 radical (unpaired) electrons. The number of hydrogen-bond donors (Lipinski definition) is 1. The molecule has 0 amide bonds. The van der Waals surface area contributed by atoms with Crippen molar-refractivity contribution in [3.8, 4) is 0 Å². The third kappa shape index (κ3) is 4.08. The van der Waals surface area contributed by atoms with Crippen molar-refractivity contribution in [3.63, 3.8) is 0 Å². The molecule has 19 heavy (non-hydrogen) atoms. The van der Waals surface area contributed by atoms with Gasteiger partial charge in [-0.3, -0.25) is 0 Å². The highest BCUT2D eigenvalue weighted by Crippen LogP contribution is 2.30. The molecule has 2 unspecified atom stereocenters. The molecule has 0 aliphatic heterocycles. The van der Waals surface area contributed by atoms with E-state index in [0.717, 1.165) is 13.0 Å². The summed E-state index contributed by atoms with van der Waals surface area (Å²) in [6.07, 6.45) is 11.6. The first-order valence-corrected chi connectivity index (χ1v) is 7.65. The van der Waals surface area contributed by atoms with Crippen LogP contribution in [0.5, 0.6) is 0 Å². The van der Waals surface area contributed by atoms with Crippen molar-refractivity contribution < 1.29 is 9.15 Å². The van der Waals surface area contributed by atoms with Crippen LogP contribution in [0.3, 0.4) is 0 Å². The molecule has 3 heteroatoms. The Labute approximate surface area is 116 Å². The highest BCUT2D eigenvalue weighted by Gasteiger charge is 2.30. The van der Waals surface area contributed by atoms with Crippen LogP contribution in [0.4, 0.5) is 0 Å². The van der Waals surface area contributed by atoms with Gasteiger partial charge in [0.2, 0.25) is 0 Å². The lowest BCUT2D eigenvalue weighted by Gasteiger charge is -2.35. The van der Waals surface area contributed by atoms with Gasteiger partial charge in [-0.1, -0.05) is 19.3 Å². The van der Waals surface area contributed by atoms with Crippen LogP contribution in [0.25, 0.3) is 0 Å². The average Bonchev–Trinajstić information content (AvgIpc) is 2.96. The highest BCUT2D eigenvalue weighted by atomic mass is 16.5. The van der Waals surface area contributed by atoms with Gasteiger partial charge in [-0.15, -0.1) is 0 Å². The zero-order valence-electron chi connectivity index (χ0n) is 12.2. The quantitative estimate of drug-likeness (QED) is 0.820. The van der Waals surface area contributed by atoms with E-state index in [2.05, 4.69) is 12.2 Å². The van der Waals surface area contributed by atoms with Gasteiger partial charge < -0.3 is 14.5 Å². The number of ether oxygens (including phenoxy) is 1. The summed E-state index contributed by atoms with van der Waals surface area (Å²) >= 11 is 0. The predicted octanol–water partition coefficient (Wildman–Crippen LogP) is 3.40. The number of rotatable bonds is 7. The van der Waals surface area contributed by atoms with Crippen molar-refractivity contribution in [2.24, 2.45) is 5.92 Å². The molecule has 1 heterocycles. The van der Waals surface area contributed by atoms with E-state index in [1.165, 1.54) is 37.7 Å². The molecule has 1 saturated carbocycles. The molecule has 0 spiro atoms. The van der Waals surface area contributed by atoms with Gasteiger partial charge in [0.1, 0.15) is 0 Å². The van der Waals surface area contributed by atoms with E-state index in [9.17, 15) is 0 Å². The second-order valence-corrected chi connectivity index (χ2v) is 5.55. The molecule has 1 N–H and O–H groups in total. The zero-order chi connectivity index (χ0) is 13.5. The Hall–Kier alpha value is -0.800. The smallest absolute Gasteiger partial charge is 0.0935 e. The third-order valence-corrected chi connectivity index (χ3v) is 4.28. The fourth-order valence-electron chi connectivity index (χ4n) is 3.28. The van der Waals surface area contributed by atoms with Crippen LogP contribution >= 0.6 is 0 Å². The van der Waals surface area contributed by atoms with Gasteiger partial charge in [0.15, 0.2) is 0 Å². The summed E-state index contributed by atoms with van der Waals surface area (Å²) in [5.41, 5.74) is 1.25. The van der Waals surface area contributed by atoms with Gasteiger partial charge in [0.05, 0.1) is 18.6 Å². The SMILES string of the molecule is CCOC(C1CCCCC1)C(Cc1ccoc1)NC. The monoisotopic (exact) mass is 265 g/mol. The minimum atomic E-state index is 0.324. The first-order valence-electron chi connectivity index (χ1n) is 7.65. The maximum atomic E-state index is 6.09. The molecule has 1 aromatic heterocycles. The second-order valence-electron chi connectivity index (χ2n) is 5.55. The van der Waals surface area contributed by atoms with Gasteiger partial charge in [-0.2, -0.15) is 0 Å². The Kier molecular flexibility index (Phi) is 5.93. The third-order valence-electron chi connectivity index (χ3n) is 4.28. The fraction of sp³-hybridized carbons (Fsp3) is 0.750. The summed E-state index contributed by atoms with van der Waals surface area (Å²) in [5.74, 6) is 0.707. The summed E-state index contributed by atoms with van der Waals surface area (Å²) in [5, 5.41) is 3.46. The first kappa shape index (κ1) is 14.6. The van der Waals surface area contributed by atoms with Crippen LogP contribution in [0.15, 0.2) is 23.0 Å². The lowest BCUT2D eigenvalue weighted by Crippen LogP contribution is -2.46. The van der Waals surface area contributed by atoms with Gasteiger partial charge in [0, 0.05) is 12.6 Å². The second kappa shape index (κ2) is 7.71. The number of nitrogens with one attached hydrogen (secondary N) is 1. The van der Waals surface area contributed by atoms with Gasteiger partial charge in [-0.25, -0.2) is 0 Å². The molecule has 2 atom stereocenters. The van der Waals surface area contributed by atoms with E-state index in [-0.39, 0.29) is 0 Å². The fourth-order valence-corrected chi connectivity index (χ4v) is 3.28. The standard InChI is InChI=1S/C16H27NO2/c1-3-19-16(14-7-5-4-6-8-14)15(17-2)11-13-9-10-18-12-13/h9-10,12,14-17H,3-8,11H2,1-2H3. The molecule has 1 aliphatic carbocycles. The maximum absolute atomic E-state index is 6.09. The molecule has 1 fully saturated rings. The Morgan fingerprint density at radius 2 is 2.16 bits per heavy atom. The molecule has 108 valence electrons. The molecule has 3 nitrogen and oxygen atoms in total. The van der Waals surface area contributed by atoms with Gasteiger partial charge >= 0.3 is 0 Å². The number of furan rings is 1. The summed E-state index contributed by atoms with van der Waals surface area (Å²) in [4.78, 5) is 0. The Morgan fingerprint density at radius 3 is 2.74 bits per heavy atom. The van der Waals surface area contributed by atoms with Crippen LogP contribution in [-0.4, -0.2) is 25.8 Å². The predicted molar refractivity (Wildman–Crippen MR) is 77.2 cm³/mol. The topological polar surface area (TPSA) is 34.4 Å². The van der Waals surface area contributed by atoms with Crippen LogP contribution in [0.2, 0.25) is 0 Å². The zero-order valence-corrected chi connectivity index (χ0v) is 12.2. The molecule has 2 rings (SSSR count). The number of hydrogen-bond acceptors (Lipinski definition) is 3. The average molecular weight is 265 g/mol. The minimum absolute atomic E-state index is 0.324. The van der Waals surface area contributed by atoms with Crippen molar-refractivity contribution in [1.29, 1.82) is 0 Å².